The molecule has 21 heavy (non-hydrogen) atoms. The lowest BCUT2D eigenvalue weighted by atomic mass is 10.2. The van der Waals surface area contributed by atoms with Gasteiger partial charge in [0.15, 0.2) is 0 Å². The van der Waals surface area contributed by atoms with Crippen LogP contribution >= 0.6 is 11.6 Å². The third kappa shape index (κ3) is 3.96. The van der Waals surface area contributed by atoms with E-state index in [1.54, 1.807) is 12.1 Å². The van der Waals surface area contributed by atoms with E-state index in [1.165, 1.54) is 12.8 Å². The van der Waals surface area contributed by atoms with E-state index in [1.807, 2.05) is 6.07 Å². The molecule has 1 saturated heterocycles. The molecule has 0 radical (unpaired) electrons. The van der Waals surface area contributed by atoms with Crippen molar-refractivity contribution in [2.45, 2.75) is 42.8 Å². The Morgan fingerprint density at radius 2 is 2.05 bits per heavy atom. The van der Waals surface area contributed by atoms with E-state index >= 15 is 0 Å². The highest BCUT2D eigenvalue weighted by atomic mass is 35.5. The number of rotatable bonds is 6. The molecule has 0 bridgehead atoms. The first-order chi connectivity index (χ1) is 10.0. The van der Waals surface area contributed by atoms with Crippen molar-refractivity contribution in [3.63, 3.8) is 0 Å². The molecule has 0 amide bonds. The molecule has 1 heterocycles. The van der Waals surface area contributed by atoms with Gasteiger partial charge in [0.1, 0.15) is 4.90 Å². The SMILES string of the molecule is O=S(=O)(NC1CCOC1)c1cc(CNC2CC2)ccc1Cl. The molecule has 2 fully saturated rings. The van der Waals surface area contributed by atoms with E-state index in [9.17, 15) is 8.42 Å². The molecule has 1 atom stereocenters. The van der Waals surface area contributed by atoms with Crippen LogP contribution in [-0.2, 0) is 21.3 Å². The lowest BCUT2D eigenvalue weighted by molar-refractivity contribution is 0.192. The number of benzene rings is 1. The van der Waals surface area contributed by atoms with Gasteiger partial charge in [-0.25, -0.2) is 13.1 Å². The Labute approximate surface area is 130 Å². The Balaban J connectivity index is 1.76. The molecular weight excluding hydrogens is 312 g/mol. The second-order valence-corrected chi connectivity index (χ2v) is 7.69. The summed E-state index contributed by atoms with van der Waals surface area (Å²) in [5, 5.41) is 3.61. The molecule has 1 saturated carbocycles. The lowest BCUT2D eigenvalue weighted by Gasteiger charge is -2.13. The third-order valence-electron chi connectivity index (χ3n) is 3.71. The van der Waals surface area contributed by atoms with Gasteiger partial charge >= 0.3 is 0 Å². The zero-order valence-electron chi connectivity index (χ0n) is 11.6. The van der Waals surface area contributed by atoms with E-state index in [2.05, 4.69) is 10.0 Å². The first-order valence-electron chi connectivity index (χ1n) is 7.16. The van der Waals surface area contributed by atoms with Crippen LogP contribution in [0.1, 0.15) is 24.8 Å². The highest BCUT2D eigenvalue weighted by molar-refractivity contribution is 7.89. The number of ether oxygens (including phenoxy) is 1. The Morgan fingerprint density at radius 1 is 1.24 bits per heavy atom. The van der Waals surface area contributed by atoms with Crippen LogP contribution in [-0.4, -0.2) is 33.7 Å². The van der Waals surface area contributed by atoms with Crippen molar-refractivity contribution >= 4 is 21.6 Å². The fourth-order valence-corrected chi connectivity index (χ4v) is 4.13. The van der Waals surface area contributed by atoms with Crippen LogP contribution in [0.2, 0.25) is 5.02 Å². The first-order valence-corrected chi connectivity index (χ1v) is 9.02. The number of nitrogens with one attached hydrogen (secondary N) is 2. The molecule has 1 aliphatic carbocycles. The summed E-state index contributed by atoms with van der Waals surface area (Å²) in [6.07, 6.45) is 3.09. The molecule has 1 aliphatic heterocycles. The van der Waals surface area contributed by atoms with Gasteiger partial charge in [-0.1, -0.05) is 17.7 Å². The van der Waals surface area contributed by atoms with E-state index in [0.29, 0.717) is 32.2 Å². The Hall–Kier alpha value is -0.660. The summed E-state index contributed by atoms with van der Waals surface area (Å²) in [6, 6.07) is 5.56. The van der Waals surface area contributed by atoms with Crippen molar-refractivity contribution in [1.29, 1.82) is 0 Å². The Kier molecular flexibility index (Phi) is 4.51. The average Bonchev–Trinajstić information content (AvgIpc) is 3.14. The molecule has 2 aliphatic rings. The summed E-state index contributed by atoms with van der Waals surface area (Å²) in [7, 11) is -3.61. The van der Waals surface area contributed by atoms with Crippen LogP contribution in [0.4, 0.5) is 0 Å². The van der Waals surface area contributed by atoms with Gasteiger partial charge in [0.2, 0.25) is 10.0 Å². The number of hydrogen-bond donors (Lipinski definition) is 2. The van der Waals surface area contributed by atoms with Crippen molar-refractivity contribution in [2.75, 3.05) is 13.2 Å². The number of sulfonamides is 1. The largest absolute Gasteiger partial charge is 0.380 e. The summed E-state index contributed by atoms with van der Waals surface area (Å²) in [4.78, 5) is 0.145. The molecule has 1 aromatic rings. The van der Waals surface area contributed by atoms with Crippen molar-refractivity contribution in [3.8, 4) is 0 Å². The summed E-state index contributed by atoms with van der Waals surface area (Å²) >= 11 is 6.07. The van der Waals surface area contributed by atoms with Gasteiger partial charge in [-0.05, 0) is 37.0 Å². The highest BCUT2D eigenvalue weighted by Gasteiger charge is 2.26. The summed E-state index contributed by atoms with van der Waals surface area (Å²) in [5.41, 5.74) is 0.925. The van der Waals surface area contributed by atoms with Gasteiger partial charge in [0.05, 0.1) is 11.6 Å². The monoisotopic (exact) mass is 330 g/mol. The molecule has 116 valence electrons. The molecule has 3 rings (SSSR count). The minimum Gasteiger partial charge on any atom is -0.380 e. The third-order valence-corrected chi connectivity index (χ3v) is 5.71. The van der Waals surface area contributed by atoms with Crippen molar-refractivity contribution in [2.24, 2.45) is 0 Å². The second-order valence-electron chi connectivity index (χ2n) is 5.60. The summed E-state index contributed by atoms with van der Waals surface area (Å²) < 4.78 is 32.7. The van der Waals surface area contributed by atoms with Crippen LogP contribution < -0.4 is 10.0 Å². The standard InChI is InChI=1S/C14H19ClN2O3S/c15-13-4-1-10(8-16-11-2-3-11)7-14(13)21(18,19)17-12-5-6-20-9-12/h1,4,7,11-12,16-17H,2-3,5-6,8-9H2. The van der Waals surface area contributed by atoms with Crippen molar-refractivity contribution in [1.82, 2.24) is 10.0 Å². The fraction of sp³-hybridized carbons (Fsp3) is 0.571. The van der Waals surface area contributed by atoms with E-state index in [0.717, 1.165) is 5.56 Å². The van der Waals surface area contributed by atoms with Crippen LogP contribution in [0.25, 0.3) is 0 Å². The Bertz CT molecular complexity index is 611. The van der Waals surface area contributed by atoms with E-state index in [-0.39, 0.29) is 16.0 Å². The van der Waals surface area contributed by atoms with Crippen LogP contribution in [0.5, 0.6) is 0 Å². The smallest absolute Gasteiger partial charge is 0.242 e. The fourth-order valence-electron chi connectivity index (χ4n) is 2.32. The van der Waals surface area contributed by atoms with Gasteiger partial charge in [-0.2, -0.15) is 0 Å². The van der Waals surface area contributed by atoms with Crippen molar-refractivity contribution in [3.05, 3.63) is 28.8 Å². The minimum atomic E-state index is -3.61. The van der Waals surface area contributed by atoms with Crippen LogP contribution in [0.15, 0.2) is 23.1 Å². The normalized spacial score (nSPS) is 22.6. The maximum atomic E-state index is 12.4. The molecule has 1 unspecified atom stereocenters. The van der Waals surface area contributed by atoms with Gasteiger partial charge in [0, 0.05) is 25.2 Å². The predicted octanol–water partition coefficient (Wildman–Crippen LogP) is 1.66. The Morgan fingerprint density at radius 3 is 2.71 bits per heavy atom. The second kappa shape index (κ2) is 6.22. The maximum Gasteiger partial charge on any atom is 0.242 e. The molecule has 7 heteroatoms. The van der Waals surface area contributed by atoms with Gasteiger partial charge in [0.25, 0.3) is 0 Å². The first kappa shape index (κ1) is 15.2. The number of halogens is 1. The van der Waals surface area contributed by atoms with Gasteiger partial charge in [-0.3, -0.25) is 0 Å². The summed E-state index contributed by atoms with van der Waals surface area (Å²) in [5.74, 6) is 0. The maximum absolute atomic E-state index is 12.4. The van der Waals surface area contributed by atoms with Crippen molar-refractivity contribution < 1.29 is 13.2 Å². The zero-order valence-corrected chi connectivity index (χ0v) is 13.2. The lowest BCUT2D eigenvalue weighted by Crippen LogP contribution is -2.35. The van der Waals surface area contributed by atoms with Gasteiger partial charge in [-0.15, -0.1) is 0 Å². The predicted molar refractivity (Wildman–Crippen MR) is 80.9 cm³/mol. The zero-order chi connectivity index (χ0) is 14.9. The number of hydrogen-bond acceptors (Lipinski definition) is 4. The van der Waals surface area contributed by atoms with E-state index in [4.69, 9.17) is 16.3 Å². The molecule has 0 aromatic heterocycles. The molecule has 5 nitrogen and oxygen atoms in total. The molecule has 1 aromatic carbocycles. The quantitative estimate of drug-likeness (QED) is 0.832. The summed E-state index contributed by atoms with van der Waals surface area (Å²) in [6.45, 7) is 1.67. The molecular formula is C14H19ClN2O3S. The van der Waals surface area contributed by atoms with Crippen LogP contribution in [0, 0.1) is 0 Å². The molecule has 2 N–H and O–H groups in total. The molecule has 0 spiro atoms. The average molecular weight is 331 g/mol. The topological polar surface area (TPSA) is 67.4 Å². The highest BCUT2D eigenvalue weighted by Crippen LogP contribution is 2.25. The van der Waals surface area contributed by atoms with E-state index < -0.39 is 10.0 Å². The minimum absolute atomic E-state index is 0.145. The van der Waals surface area contributed by atoms with Crippen LogP contribution in [0.3, 0.4) is 0 Å². The van der Waals surface area contributed by atoms with Gasteiger partial charge < -0.3 is 10.1 Å².